The Morgan fingerprint density at radius 1 is 1.00 bits per heavy atom. The molecule has 1 aliphatic heterocycles. The topological polar surface area (TPSA) is 37.9 Å². The highest BCUT2D eigenvalue weighted by molar-refractivity contribution is 6.06. The van der Waals surface area contributed by atoms with Crippen LogP contribution in [0.15, 0.2) is 42.5 Å². The van der Waals surface area contributed by atoms with Crippen LogP contribution in [0, 0.1) is 6.92 Å². The second-order valence-corrected chi connectivity index (χ2v) is 7.21. The number of nitrogens with one attached hydrogen (secondary N) is 1. The van der Waals surface area contributed by atoms with Crippen LogP contribution in [0.5, 0.6) is 5.75 Å². The molecule has 1 N–H and O–H groups in total. The fourth-order valence-electron chi connectivity index (χ4n) is 3.79. The Bertz CT molecular complexity index is 1140. The molecule has 0 aliphatic carbocycles. The van der Waals surface area contributed by atoms with Gasteiger partial charge in [0.25, 0.3) is 0 Å². The molecule has 0 saturated heterocycles. The molecule has 0 atom stereocenters. The third kappa shape index (κ3) is 2.87. The lowest BCUT2D eigenvalue weighted by Gasteiger charge is -2.23. The van der Waals surface area contributed by atoms with Gasteiger partial charge in [0.1, 0.15) is 18.2 Å². The lowest BCUT2D eigenvalue weighted by molar-refractivity contribution is 0.302. The zero-order valence-corrected chi connectivity index (χ0v) is 16.7. The lowest BCUT2D eigenvalue weighted by atomic mass is 9.91. The molecule has 1 aromatic heterocycles. The first kappa shape index (κ1) is 17.6. The van der Waals surface area contributed by atoms with Crippen LogP contribution in [0.3, 0.4) is 0 Å². The van der Waals surface area contributed by atoms with Crippen LogP contribution in [0.2, 0.25) is 0 Å². The molecule has 3 heteroatoms. The van der Waals surface area contributed by atoms with E-state index in [2.05, 4.69) is 66.3 Å². The summed E-state index contributed by atoms with van der Waals surface area (Å²) in [6.07, 6.45) is 0. The minimum Gasteiger partial charge on any atom is -0.488 e. The number of rotatable bonds is 1. The first-order valence-electron chi connectivity index (χ1n) is 9.79. The maximum absolute atomic E-state index is 6.11. The van der Waals surface area contributed by atoms with Crippen molar-refractivity contribution in [1.29, 1.82) is 0 Å². The number of H-pyrrole nitrogens is 1. The van der Waals surface area contributed by atoms with Gasteiger partial charge in [-0.15, -0.1) is 0 Å². The van der Waals surface area contributed by atoms with E-state index in [9.17, 15) is 0 Å². The number of fused-ring (bicyclic) bond motifs is 6. The maximum atomic E-state index is 6.11. The van der Waals surface area contributed by atoms with Gasteiger partial charge >= 0.3 is 0 Å². The summed E-state index contributed by atoms with van der Waals surface area (Å²) in [6, 6.07) is 15.4. The van der Waals surface area contributed by atoms with Crippen LogP contribution in [0.25, 0.3) is 32.9 Å². The van der Waals surface area contributed by atoms with Crippen molar-refractivity contribution in [2.45, 2.75) is 47.1 Å². The zero-order valence-electron chi connectivity index (χ0n) is 16.7. The predicted molar refractivity (Wildman–Crippen MR) is 114 cm³/mol. The van der Waals surface area contributed by atoms with E-state index in [-0.39, 0.29) is 0 Å². The quantitative estimate of drug-likeness (QED) is 0.409. The van der Waals surface area contributed by atoms with Gasteiger partial charge in [0.05, 0.1) is 11.0 Å². The Hall–Kier alpha value is -2.81. The number of ether oxygens (including phenoxy) is 1. The van der Waals surface area contributed by atoms with Crippen LogP contribution in [-0.2, 0) is 6.61 Å². The molecule has 0 bridgehead atoms. The number of aromatic amines is 1. The molecule has 2 heterocycles. The third-order valence-corrected chi connectivity index (χ3v) is 5.16. The maximum Gasteiger partial charge on any atom is 0.128 e. The highest BCUT2D eigenvalue weighted by Gasteiger charge is 2.20. The molecule has 27 heavy (non-hydrogen) atoms. The number of imidazole rings is 1. The highest BCUT2D eigenvalue weighted by Crippen LogP contribution is 2.42. The van der Waals surface area contributed by atoms with Gasteiger partial charge in [-0.3, -0.25) is 0 Å². The average Bonchev–Trinajstić information content (AvgIpc) is 3.08. The highest BCUT2D eigenvalue weighted by atomic mass is 16.5. The Morgan fingerprint density at radius 3 is 2.59 bits per heavy atom. The molecular weight excluding hydrogens is 332 g/mol. The van der Waals surface area contributed by atoms with Crippen LogP contribution < -0.4 is 4.74 Å². The van der Waals surface area contributed by atoms with Gasteiger partial charge in [0.2, 0.25) is 0 Å². The predicted octanol–water partition coefficient (Wildman–Crippen LogP) is 6.73. The molecule has 5 rings (SSSR count). The second-order valence-electron chi connectivity index (χ2n) is 7.21. The molecule has 0 spiro atoms. The number of aromatic nitrogens is 2. The summed E-state index contributed by atoms with van der Waals surface area (Å²) in [5.41, 5.74) is 7.18. The molecular formula is C24H26N2O. The number of hydrogen-bond donors (Lipinski definition) is 1. The van der Waals surface area contributed by atoms with E-state index in [1.54, 1.807) is 0 Å². The number of benzene rings is 3. The molecule has 0 fully saturated rings. The lowest BCUT2D eigenvalue weighted by Crippen LogP contribution is -2.06. The fraction of sp³-hybridized carbons (Fsp3) is 0.292. The van der Waals surface area contributed by atoms with Gasteiger partial charge in [-0.05, 0) is 53.1 Å². The fourth-order valence-corrected chi connectivity index (χ4v) is 3.79. The number of nitrogens with zero attached hydrogens (tertiary/aromatic N) is 1. The zero-order chi connectivity index (χ0) is 19.1. The van der Waals surface area contributed by atoms with Crippen molar-refractivity contribution in [3.05, 3.63) is 59.4 Å². The minimum atomic E-state index is 0.527. The van der Waals surface area contributed by atoms with Gasteiger partial charge in [-0.25, -0.2) is 4.98 Å². The van der Waals surface area contributed by atoms with Crippen LogP contribution >= 0.6 is 0 Å². The summed E-state index contributed by atoms with van der Waals surface area (Å²) >= 11 is 0. The van der Waals surface area contributed by atoms with E-state index in [1.165, 1.54) is 27.6 Å². The second kappa shape index (κ2) is 6.73. The van der Waals surface area contributed by atoms with Crippen LogP contribution in [-0.4, -0.2) is 9.97 Å². The molecule has 0 amide bonds. The monoisotopic (exact) mass is 358 g/mol. The Kier molecular flexibility index (Phi) is 4.39. The van der Waals surface area contributed by atoms with E-state index in [4.69, 9.17) is 4.74 Å². The molecule has 4 aromatic rings. The van der Waals surface area contributed by atoms with Crippen molar-refractivity contribution in [3.8, 4) is 16.9 Å². The largest absolute Gasteiger partial charge is 0.488 e. The van der Waals surface area contributed by atoms with Crippen LogP contribution in [0.1, 0.15) is 50.6 Å². The van der Waals surface area contributed by atoms with E-state index < -0.39 is 0 Å². The van der Waals surface area contributed by atoms with Crippen molar-refractivity contribution in [3.63, 3.8) is 0 Å². The first-order chi connectivity index (χ1) is 13.1. The first-order valence-corrected chi connectivity index (χ1v) is 9.79. The third-order valence-electron chi connectivity index (χ3n) is 5.16. The van der Waals surface area contributed by atoms with Gasteiger partial charge in [0.15, 0.2) is 0 Å². The summed E-state index contributed by atoms with van der Waals surface area (Å²) in [7, 11) is 0. The molecule has 138 valence electrons. The van der Waals surface area contributed by atoms with Crippen molar-refractivity contribution in [2.75, 3.05) is 0 Å². The minimum absolute atomic E-state index is 0.527. The smallest absolute Gasteiger partial charge is 0.128 e. The standard InChI is InChI=1S/C22H20N2O.C2H6/c1-12(2)14-4-6-17-16(8-14)11-25-21-10-18-15(9-19(17)21)5-7-20-22(18)24-13(3)23-20;1-2/h4-10,12H,11H2,1-3H3,(H,23,24);1-2H3. The Labute approximate surface area is 160 Å². The SMILES string of the molecule is CC.Cc1nc2c(ccc3cc4c(cc32)OCc2cc(C(C)C)ccc2-4)[nH]1. The van der Waals surface area contributed by atoms with E-state index in [1.807, 2.05) is 20.8 Å². The number of aryl methyl sites for hydroxylation is 1. The summed E-state index contributed by atoms with van der Waals surface area (Å²) in [5, 5.41) is 2.34. The normalized spacial score (nSPS) is 12.4. The summed E-state index contributed by atoms with van der Waals surface area (Å²) < 4.78 is 6.11. The Balaban J connectivity index is 0.000000872. The van der Waals surface area contributed by atoms with Gasteiger partial charge in [-0.2, -0.15) is 0 Å². The molecule has 3 aromatic carbocycles. The average molecular weight is 358 g/mol. The summed E-state index contributed by atoms with van der Waals surface area (Å²) in [5.74, 6) is 2.41. The Morgan fingerprint density at radius 2 is 1.81 bits per heavy atom. The van der Waals surface area contributed by atoms with E-state index >= 15 is 0 Å². The van der Waals surface area contributed by atoms with Gasteiger partial charge in [0, 0.05) is 10.9 Å². The molecule has 0 radical (unpaired) electrons. The molecule has 3 nitrogen and oxygen atoms in total. The molecule has 0 saturated carbocycles. The summed E-state index contributed by atoms with van der Waals surface area (Å²) in [6.45, 7) is 11.1. The molecule has 1 aliphatic rings. The van der Waals surface area contributed by atoms with Crippen molar-refractivity contribution < 1.29 is 4.74 Å². The number of hydrogen-bond acceptors (Lipinski definition) is 2. The van der Waals surface area contributed by atoms with Crippen molar-refractivity contribution in [2.24, 2.45) is 0 Å². The van der Waals surface area contributed by atoms with E-state index in [0.717, 1.165) is 28.0 Å². The van der Waals surface area contributed by atoms with Gasteiger partial charge in [-0.1, -0.05) is 52.0 Å². The summed E-state index contributed by atoms with van der Waals surface area (Å²) in [4.78, 5) is 7.97. The van der Waals surface area contributed by atoms with Crippen LogP contribution in [0.4, 0.5) is 0 Å². The molecule has 0 unspecified atom stereocenters. The van der Waals surface area contributed by atoms with Gasteiger partial charge < -0.3 is 9.72 Å². The van der Waals surface area contributed by atoms with Crippen molar-refractivity contribution in [1.82, 2.24) is 9.97 Å². The van der Waals surface area contributed by atoms with E-state index in [0.29, 0.717) is 12.5 Å². The van der Waals surface area contributed by atoms with Crippen molar-refractivity contribution >= 4 is 21.8 Å².